The van der Waals surface area contributed by atoms with E-state index in [-0.39, 0.29) is 18.4 Å². The van der Waals surface area contributed by atoms with Crippen LogP contribution >= 0.6 is 0 Å². The summed E-state index contributed by atoms with van der Waals surface area (Å²) in [6.07, 6.45) is 2.24. The molecule has 8 nitrogen and oxygen atoms in total. The molecule has 1 saturated heterocycles. The van der Waals surface area contributed by atoms with Crippen molar-refractivity contribution in [1.29, 1.82) is 0 Å². The first-order valence-corrected chi connectivity index (χ1v) is 7.84. The number of ether oxygens (including phenoxy) is 3. The lowest BCUT2D eigenvalue weighted by Crippen LogP contribution is -2.27. The van der Waals surface area contributed by atoms with E-state index in [0.717, 1.165) is 6.42 Å². The van der Waals surface area contributed by atoms with E-state index in [1.165, 1.54) is 6.33 Å². The van der Waals surface area contributed by atoms with Gasteiger partial charge >= 0.3 is 0 Å². The Bertz CT molecular complexity index is 779. The van der Waals surface area contributed by atoms with E-state index in [0.29, 0.717) is 35.6 Å². The molecule has 0 saturated carbocycles. The third-order valence-corrected chi connectivity index (χ3v) is 3.99. The zero-order chi connectivity index (χ0) is 17.1. The topological polar surface area (TPSA) is 97.3 Å². The number of methoxy groups -OCH3 is 2. The van der Waals surface area contributed by atoms with Gasteiger partial charge in [-0.1, -0.05) is 12.8 Å². The summed E-state index contributed by atoms with van der Waals surface area (Å²) >= 11 is 0. The SMILES string of the molecule is CCC#Cc1nn(C2CC(OC)C(COC)O2)c2ncnc(N)c12. The molecule has 0 bridgehead atoms. The molecule has 1 aliphatic heterocycles. The van der Waals surface area contributed by atoms with Gasteiger partial charge in [0.2, 0.25) is 0 Å². The van der Waals surface area contributed by atoms with Crippen LogP contribution in [0.4, 0.5) is 5.82 Å². The van der Waals surface area contributed by atoms with Crippen molar-refractivity contribution in [3.63, 3.8) is 0 Å². The predicted molar refractivity (Wildman–Crippen MR) is 88.1 cm³/mol. The molecule has 0 amide bonds. The van der Waals surface area contributed by atoms with Crippen molar-refractivity contribution < 1.29 is 14.2 Å². The van der Waals surface area contributed by atoms with E-state index in [4.69, 9.17) is 19.9 Å². The molecule has 128 valence electrons. The Morgan fingerprint density at radius 1 is 1.42 bits per heavy atom. The minimum Gasteiger partial charge on any atom is -0.383 e. The maximum absolute atomic E-state index is 6.06. The normalized spacial score (nSPS) is 23.4. The molecule has 24 heavy (non-hydrogen) atoms. The first-order chi connectivity index (χ1) is 11.7. The van der Waals surface area contributed by atoms with Crippen LogP contribution in [0.1, 0.15) is 31.7 Å². The molecule has 0 spiro atoms. The second-order valence-corrected chi connectivity index (χ2v) is 5.50. The molecule has 0 radical (unpaired) electrons. The maximum Gasteiger partial charge on any atom is 0.167 e. The molecule has 1 fully saturated rings. The molecule has 3 rings (SSSR count). The van der Waals surface area contributed by atoms with E-state index in [1.807, 2.05) is 6.92 Å². The highest BCUT2D eigenvalue weighted by atomic mass is 16.6. The Labute approximate surface area is 140 Å². The van der Waals surface area contributed by atoms with E-state index >= 15 is 0 Å². The van der Waals surface area contributed by atoms with Crippen LogP contribution in [0.2, 0.25) is 0 Å². The van der Waals surface area contributed by atoms with Crippen LogP contribution < -0.4 is 5.73 Å². The molecule has 1 aliphatic rings. The van der Waals surface area contributed by atoms with E-state index in [1.54, 1.807) is 18.9 Å². The fraction of sp³-hybridized carbons (Fsp3) is 0.562. The van der Waals surface area contributed by atoms with Gasteiger partial charge in [-0.3, -0.25) is 0 Å². The number of nitrogens with zero attached hydrogens (tertiary/aromatic N) is 4. The molecule has 0 aliphatic carbocycles. The van der Waals surface area contributed by atoms with Crippen LogP contribution in [0.3, 0.4) is 0 Å². The number of hydrogen-bond donors (Lipinski definition) is 1. The minimum absolute atomic E-state index is 0.0708. The van der Waals surface area contributed by atoms with Crippen LogP contribution in [-0.2, 0) is 14.2 Å². The fourth-order valence-corrected chi connectivity index (χ4v) is 2.87. The summed E-state index contributed by atoms with van der Waals surface area (Å²) in [5, 5.41) is 5.23. The van der Waals surface area contributed by atoms with Crippen LogP contribution in [0.5, 0.6) is 0 Å². The molecule has 0 aromatic carbocycles. The van der Waals surface area contributed by atoms with Gasteiger partial charge in [-0.15, -0.1) is 0 Å². The zero-order valence-corrected chi connectivity index (χ0v) is 14.0. The van der Waals surface area contributed by atoms with E-state index in [9.17, 15) is 0 Å². The van der Waals surface area contributed by atoms with Gasteiger partial charge in [0.05, 0.1) is 18.1 Å². The van der Waals surface area contributed by atoms with Crippen molar-refractivity contribution >= 4 is 16.9 Å². The predicted octanol–water partition coefficient (Wildman–Crippen LogP) is 1.12. The molecule has 2 N–H and O–H groups in total. The third-order valence-electron chi connectivity index (χ3n) is 3.99. The minimum atomic E-state index is -0.316. The quantitative estimate of drug-likeness (QED) is 0.838. The average molecular weight is 331 g/mol. The average Bonchev–Trinajstić information content (AvgIpc) is 3.15. The van der Waals surface area contributed by atoms with Crippen molar-refractivity contribution in [2.75, 3.05) is 26.6 Å². The fourth-order valence-electron chi connectivity index (χ4n) is 2.87. The van der Waals surface area contributed by atoms with Crippen molar-refractivity contribution in [3.05, 3.63) is 12.0 Å². The number of aromatic nitrogens is 4. The number of anilines is 1. The standard InChI is InChI=1S/C16H21N5O3/c1-4-5-6-10-14-15(17)18-9-19-16(14)21(20-10)13-7-11(23-3)12(24-13)8-22-2/h9,11-13H,4,7-8H2,1-3H3,(H2,17,18,19). The Morgan fingerprint density at radius 2 is 2.25 bits per heavy atom. The van der Waals surface area contributed by atoms with Crippen LogP contribution in [0.25, 0.3) is 11.0 Å². The molecule has 3 atom stereocenters. The molecule has 2 aromatic rings. The highest BCUT2D eigenvalue weighted by Crippen LogP contribution is 2.33. The second-order valence-electron chi connectivity index (χ2n) is 5.50. The van der Waals surface area contributed by atoms with Crippen molar-refractivity contribution in [2.24, 2.45) is 0 Å². The van der Waals surface area contributed by atoms with Crippen LogP contribution in [-0.4, -0.2) is 52.8 Å². The zero-order valence-electron chi connectivity index (χ0n) is 14.0. The number of nitrogens with two attached hydrogens (primary N) is 1. The highest BCUT2D eigenvalue weighted by molar-refractivity contribution is 5.90. The van der Waals surface area contributed by atoms with Gasteiger partial charge in [0.1, 0.15) is 23.9 Å². The van der Waals surface area contributed by atoms with Gasteiger partial charge in [0.25, 0.3) is 0 Å². The highest BCUT2D eigenvalue weighted by Gasteiger charge is 2.38. The van der Waals surface area contributed by atoms with Gasteiger partial charge < -0.3 is 19.9 Å². The lowest BCUT2D eigenvalue weighted by Gasteiger charge is -2.15. The summed E-state index contributed by atoms with van der Waals surface area (Å²) in [4.78, 5) is 8.38. The summed E-state index contributed by atoms with van der Waals surface area (Å²) in [7, 11) is 3.30. The molecule has 3 unspecified atom stereocenters. The van der Waals surface area contributed by atoms with Gasteiger partial charge in [0, 0.05) is 27.1 Å². The number of rotatable bonds is 4. The lowest BCUT2D eigenvalue weighted by molar-refractivity contribution is -0.0627. The van der Waals surface area contributed by atoms with E-state index in [2.05, 4.69) is 26.9 Å². The maximum atomic E-state index is 6.06. The first kappa shape index (κ1) is 16.6. The molecule has 8 heteroatoms. The molecule has 3 heterocycles. The summed E-state index contributed by atoms with van der Waals surface area (Å²) in [5.41, 5.74) is 7.19. The number of hydrogen-bond acceptors (Lipinski definition) is 7. The first-order valence-electron chi connectivity index (χ1n) is 7.84. The largest absolute Gasteiger partial charge is 0.383 e. The second kappa shape index (κ2) is 7.13. The third kappa shape index (κ3) is 2.94. The van der Waals surface area contributed by atoms with E-state index < -0.39 is 0 Å². The van der Waals surface area contributed by atoms with Crippen LogP contribution in [0.15, 0.2) is 6.33 Å². The Hall–Kier alpha value is -2.21. The molecular formula is C16H21N5O3. The van der Waals surface area contributed by atoms with Crippen LogP contribution in [0, 0.1) is 11.8 Å². The van der Waals surface area contributed by atoms with Crippen molar-refractivity contribution in [1.82, 2.24) is 19.7 Å². The summed E-state index contributed by atoms with van der Waals surface area (Å²) in [6.45, 7) is 2.43. The number of nitrogen functional groups attached to an aromatic ring is 1. The van der Waals surface area contributed by atoms with Crippen molar-refractivity contribution in [3.8, 4) is 11.8 Å². The summed E-state index contributed by atoms with van der Waals surface area (Å²) in [5.74, 6) is 6.41. The number of fused-ring (bicyclic) bond motifs is 1. The Morgan fingerprint density at radius 3 is 2.96 bits per heavy atom. The monoisotopic (exact) mass is 331 g/mol. The Balaban J connectivity index is 2.02. The summed E-state index contributed by atoms with van der Waals surface area (Å²) in [6, 6.07) is 0. The smallest absolute Gasteiger partial charge is 0.167 e. The van der Waals surface area contributed by atoms with Gasteiger partial charge in [-0.05, 0) is 5.92 Å². The molecule has 2 aromatic heterocycles. The lowest BCUT2D eigenvalue weighted by atomic mass is 10.2. The van der Waals surface area contributed by atoms with Gasteiger partial charge in [-0.25, -0.2) is 14.6 Å². The Kier molecular flexibility index (Phi) is 4.94. The molecular weight excluding hydrogens is 310 g/mol. The summed E-state index contributed by atoms with van der Waals surface area (Å²) < 4.78 is 18.5. The van der Waals surface area contributed by atoms with Crippen molar-refractivity contribution in [2.45, 2.75) is 38.2 Å². The van der Waals surface area contributed by atoms with Gasteiger partial charge in [-0.2, -0.15) is 5.10 Å². The van der Waals surface area contributed by atoms with Gasteiger partial charge in [0.15, 0.2) is 11.9 Å².